The number of benzene rings is 6. The number of rotatable bonds is 24. The van der Waals surface area contributed by atoms with Crippen molar-refractivity contribution in [1.29, 1.82) is 0 Å². The Kier molecular flexibility index (Phi) is 21.0. The molecule has 6 aromatic rings. The Balaban J connectivity index is 1.16. The molecule has 7 N–H and O–H groups in total. The van der Waals surface area contributed by atoms with E-state index >= 15 is 0 Å². The first-order valence-electron chi connectivity index (χ1n) is 25.9. The number of amides is 4. The molecule has 0 spiro atoms. The first kappa shape index (κ1) is 59.5. The molecule has 9 atom stereocenters. The van der Waals surface area contributed by atoms with Crippen LogP contribution in [0.1, 0.15) is 27.8 Å². The van der Waals surface area contributed by atoms with Crippen LogP contribution in [0.5, 0.6) is 28.7 Å². The van der Waals surface area contributed by atoms with Gasteiger partial charge in [-0.25, -0.2) is 9.59 Å². The van der Waals surface area contributed by atoms with Crippen molar-refractivity contribution in [2.45, 2.75) is 87.5 Å². The number of nitrogens with two attached hydrogens (primary N) is 1. The number of hydrogen-bond donors (Lipinski definition) is 6. The first-order chi connectivity index (χ1) is 39.2. The largest absolute Gasteiger partial charge is 0.508 e. The number of methoxy groups -OCH3 is 4. The third-order valence-electron chi connectivity index (χ3n) is 13.4. The van der Waals surface area contributed by atoms with E-state index in [2.05, 4.69) is 21.3 Å². The first-order valence-corrected chi connectivity index (χ1v) is 25.9. The highest BCUT2D eigenvalue weighted by molar-refractivity contribution is 5.90. The van der Waals surface area contributed by atoms with Crippen LogP contribution in [0, 0.1) is 0 Å². The van der Waals surface area contributed by atoms with E-state index in [9.17, 15) is 27.9 Å². The molecule has 432 valence electrons. The van der Waals surface area contributed by atoms with Gasteiger partial charge in [0.25, 0.3) is 0 Å². The van der Waals surface area contributed by atoms with Crippen molar-refractivity contribution >= 4 is 23.4 Å². The molecular formula is C59H66F3N5O14. The average molecular weight is 1130 g/mol. The number of nitrogens with one attached hydrogen (secondary N) is 4. The number of carbonyl (C=O) groups is 2. The third-order valence-corrected chi connectivity index (χ3v) is 13.4. The fourth-order valence-electron chi connectivity index (χ4n) is 9.11. The second-order valence-corrected chi connectivity index (χ2v) is 19.0. The average Bonchev–Trinajstić information content (AvgIpc) is 3.67. The lowest BCUT2D eigenvalue weighted by molar-refractivity contribution is -0.308. The Hall–Kier alpha value is -7.67. The molecule has 4 amide bonds. The zero-order valence-electron chi connectivity index (χ0n) is 45.0. The zero-order valence-corrected chi connectivity index (χ0v) is 45.0. The van der Waals surface area contributed by atoms with Gasteiger partial charge in [0.15, 0.2) is 6.29 Å². The molecule has 2 aliphatic heterocycles. The number of anilines is 2. The summed E-state index contributed by atoms with van der Waals surface area (Å²) in [5, 5.41) is 21.4. The van der Waals surface area contributed by atoms with E-state index < -0.39 is 78.7 Å². The Labute approximate surface area is 467 Å². The fraction of sp³-hybridized carbons (Fsp3) is 0.356. The molecule has 2 heterocycles. The molecule has 19 nitrogen and oxygen atoms in total. The molecule has 81 heavy (non-hydrogen) atoms. The molecule has 6 aromatic carbocycles. The van der Waals surface area contributed by atoms with Gasteiger partial charge in [-0.1, -0.05) is 60.7 Å². The number of urea groups is 2. The number of carbonyl (C=O) groups excluding carboxylic acids is 2. The molecule has 2 aliphatic rings. The lowest BCUT2D eigenvalue weighted by Crippen LogP contribution is -2.70. The monoisotopic (exact) mass is 1130 g/mol. The molecule has 4 unspecified atom stereocenters. The molecule has 0 bridgehead atoms. The van der Waals surface area contributed by atoms with E-state index in [1.54, 1.807) is 89.1 Å². The van der Waals surface area contributed by atoms with Crippen LogP contribution in [0.3, 0.4) is 0 Å². The maximum absolute atomic E-state index is 14.4. The maximum Gasteiger partial charge on any atom is 0.416 e. The zero-order chi connectivity index (χ0) is 57.3. The highest BCUT2D eigenvalue weighted by Crippen LogP contribution is 2.34. The maximum atomic E-state index is 14.4. The molecule has 8 rings (SSSR count). The second kappa shape index (κ2) is 28.7. The smallest absolute Gasteiger partial charge is 0.416 e. The van der Waals surface area contributed by atoms with Gasteiger partial charge in [-0.05, 0) is 101 Å². The summed E-state index contributed by atoms with van der Waals surface area (Å²) in [5.74, 6) is 2.46. The topological polar surface area (TPSA) is 230 Å². The van der Waals surface area contributed by atoms with E-state index in [-0.39, 0.29) is 63.4 Å². The van der Waals surface area contributed by atoms with Gasteiger partial charge in [0.1, 0.15) is 59.2 Å². The standard InChI is InChI=1S/C59H66F3N5O14/c1-71-44-19-11-36(12-20-44)29-75-34-49-51(63)53(48(33-77-49)66-57(69)64-41-8-5-7-40(27-41)59(60,61)62)81-56-52(67-58(70)65-42-9-6-10-43(68)28-42)55(79-32-39-17-25-47(74-4)26-18-39)54(78-31-38-15-23-46(73-3)24-16-38)50(80-56)35-76-30-37-13-21-45(72-2)22-14-37/h5-28,48-56,68H,29-35,63H2,1-4H3,(H2,64,66,69)(H2,65,67,70)/t48?,49?,50?,51-,52?,53+,54+,55+,56-/m0/s1. The van der Waals surface area contributed by atoms with E-state index in [0.717, 1.165) is 34.4 Å². The van der Waals surface area contributed by atoms with Gasteiger partial charge >= 0.3 is 18.2 Å². The van der Waals surface area contributed by atoms with Gasteiger partial charge < -0.3 is 84.2 Å². The minimum absolute atomic E-state index is 0.0269. The van der Waals surface area contributed by atoms with Gasteiger partial charge in [-0.15, -0.1) is 0 Å². The normalized spacial score (nSPS) is 21.8. The number of phenols is 1. The van der Waals surface area contributed by atoms with E-state index in [1.807, 2.05) is 48.5 Å². The minimum Gasteiger partial charge on any atom is -0.508 e. The molecule has 22 heteroatoms. The van der Waals surface area contributed by atoms with Crippen LogP contribution in [0.4, 0.5) is 34.1 Å². The van der Waals surface area contributed by atoms with E-state index in [1.165, 1.54) is 24.3 Å². The van der Waals surface area contributed by atoms with Crippen molar-refractivity contribution in [1.82, 2.24) is 10.6 Å². The molecule has 0 radical (unpaired) electrons. The van der Waals surface area contributed by atoms with Gasteiger partial charge in [0.2, 0.25) is 0 Å². The van der Waals surface area contributed by atoms with Crippen molar-refractivity contribution in [2.75, 3.05) is 58.9 Å². The Morgan fingerprint density at radius 1 is 0.580 bits per heavy atom. The van der Waals surface area contributed by atoms with Crippen LogP contribution in [-0.4, -0.2) is 120 Å². The SMILES string of the molecule is COc1ccc(COCC2O[C@@H](O[C@@H]3C(NC(=O)Nc4cccc(C(F)(F)F)c4)COC(COCc4ccc(OC)cc4)[C@@H]3N)C(NC(=O)Nc3cccc(O)c3)[C@@H](OCc3ccc(OC)cc3)[C@@H]2OCc2ccc(OC)cc2)cc1. The predicted octanol–water partition coefficient (Wildman–Crippen LogP) is 8.57. The molecule has 0 saturated carbocycles. The molecule has 2 fully saturated rings. The summed E-state index contributed by atoms with van der Waals surface area (Å²) < 4.78 is 109. The highest BCUT2D eigenvalue weighted by atomic mass is 19.4. The van der Waals surface area contributed by atoms with Crippen LogP contribution in [-0.2, 0) is 65.8 Å². The van der Waals surface area contributed by atoms with Crippen LogP contribution in [0.2, 0.25) is 0 Å². The quantitative estimate of drug-likeness (QED) is 0.0334. The number of hydrogen-bond acceptors (Lipinski definition) is 15. The Bertz CT molecular complexity index is 2930. The van der Waals surface area contributed by atoms with Gasteiger partial charge in [-0.2, -0.15) is 13.2 Å². The molecule has 0 aliphatic carbocycles. The van der Waals surface area contributed by atoms with Crippen LogP contribution >= 0.6 is 0 Å². The van der Waals surface area contributed by atoms with Crippen LogP contribution < -0.4 is 45.9 Å². The summed E-state index contributed by atoms with van der Waals surface area (Å²) in [6, 6.07) is 34.0. The number of halogens is 3. The second-order valence-electron chi connectivity index (χ2n) is 19.0. The summed E-state index contributed by atoms with van der Waals surface area (Å²) in [4.78, 5) is 28.3. The number of phenolic OH excluding ortho intramolecular Hbond substituents is 1. The van der Waals surface area contributed by atoms with Crippen molar-refractivity contribution in [2.24, 2.45) is 5.73 Å². The molecule has 0 aromatic heterocycles. The van der Waals surface area contributed by atoms with Crippen LogP contribution in [0.15, 0.2) is 146 Å². The van der Waals surface area contributed by atoms with Crippen LogP contribution in [0.25, 0.3) is 0 Å². The Morgan fingerprint density at radius 3 is 1.53 bits per heavy atom. The highest BCUT2D eigenvalue weighted by Gasteiger charge is 2.52. The summed E-state index contributed by atoms with van der Waals surface area (Å²) in [7, 11) is 6.25. The summed E-state index contributed by atoms with van der Waals surface area (Å²) >= 11 is 0. The summed E-state index contributed by atoms with van der Waals surface area (Å²) in [6.07, 6.45) is -11.5. The van der Waals surface area contributed by atoms with Gasteiger partial charge in [0, 0.05) is 17.4 Å². The number of aromatic hydroxyl groups is 1. The number of ether oxygens (including phenoxy) is 11. The van der Waals surface area contributed by atoms with E-state index in [0.29, 0.717) is 23.0 Å². The number of alkyl halides is 3. The third kappa shape index (κ3) is 16.9. The Morgan fingerprint density at radius 2 is 1.04 bits per heavy atom. The van der Waals surface area contributed by atoms with Crippen molar-refractivity contribution in [3.63, 3.8) is 0 Å². The minimum atomic E-state index is -4.68. The lowest BCUT2D eigenvalue weighted by Gasteiger charge is -2.49. The van der Waals surface area contributed by atoms with Crippen molar-refractivity contribution in [3.8, 4) is 28.7 Å². The fourth-order valence-corrected chi connectivity index (χ4v) is 9.11. The lowest BCUT2D eigenvalue weighted by atomic mass is 9.93. The summed E-state index contributed by atoms with van der Waals surface area (Å²) in [6.45, 7) is -0.106. The predicted molar refractivity (Wildman–Crippen MR) is 291 cm³/mol. The molecule has 2 saturated heterocycles. The van der Waals surface area contributed by atoms with E-state index in [4.69, 9.17) is 57.8 Å². The molecular weight excluding hydrogens is 1060 g/mol. The summed E-state index contributed by atoms with van der Waals surface area (Å²) in [5.41, 5.74) is 9.40. The van der Waals surface area contributed by atoms with Gasteiger partial charge in [0.05, 0.1) is 98.4 Å². The van der Waals surface area contributed by atoms with Gasteiger partial charge in [-0.3, -0.25) is 0 Å². The van der Waals surface area contributed by atoms with Crippen molar-refractivity contribution in [3.05, 3.63) is 173 Å². The van der Waals surface area contributed by atoms with Crippen molar-refractivity contribution < 1.29 is 80.0 Å².